The molecule has 234 valence electrons. The van der Waals surface area contributed by atoms with E-state index in [1.807, 2.05) is 60.7 Å². The average molecular weight is 695 g/mol. The first-order valence-electron chi connectivity index (χ1n) is 14.6. The Morgan fingerprint density at radius 2 is 1.76 bits per heavy atom. The molecule has 1 aromatic heterocycles. The van der Waals surface area contributed by atoms with Gasteiger partial charge in [-0.2, -0.15) is 0 Å². The van der Waals surface area contributed by atoms with E-state index in [0.29, 0.717) is 46.9 Å². The number of rotatable bonds is 15. The molecule has 0 unspecified atom stereocenters. The molecule has 0 amide bonds. The monoisotopic (exact) mass is 693 g/mol. The van der Waals surface area contributed by atoms with Crippen molar-refractivity contribution in [3.63, 3.8) is 0 Å². The molecule has 5 aromatic rings. The standard InChI is InChI=1S/C34H33BrClN3O6/c1-2-42-34(41)30(19-40)37-15-7-11-24-17-27(36)32(18-31(24)43-20-22-13-14-28-29(16-22)39-45-38-28)44-21-25-10-6-12-26(33(25)35)23-8-4-3-5-9-23/h3-6,8-10,12-14,16-18,30,37,40H,2,7,11,15,19-21H2,1H3/t30-/m1/s1. The zero-order valence-corrected chi connectivity index (χ0v) is 27.0. The van der Waals surface area contributed by atoms with Gasteiger partial charge in [-0.15, -0.1) is 0 Å². The van der Waals surface area contributed by atoms with Gasteiger partial charge in [0.15, 0.2) is 0 Å². The molecular formula is C34H33BrClN3O6. The topological polar surface area (TPSA) is 116 Å². The fourth-order valence-corrected chi connectivity index (χ4v) is 5.65. The van der Waals surface area contributed by atoms with Gasteiger partial charge in [-0.3, -0.25) is 4.79 Å². The van der Waals surface area contributed by atoms with Gasteiger partial charge in [0, 0.05) is 16.1 Å². The fourth-order valence-electron chi connectivity index (χ4n) is 4.80. The normalized spacial score (nSPS) is 11.8. The van der Waals surface area contributed by atoms with Crippen molar-refractivity contribution in [1.82, 2.24) is 15.6 Å². The Balaban J connectivity index is 1.32. The number of aliphatic hydroxyl groups is 1. The van der Waals surface area contributed by atoms with Crippen molar-refractivity contribution in [3.05, 3.63) is 105 Å². The van der Waals surface area contributed by atoms with E-state index >= 15 is 0 Å². The number of fused-ring (bicyclic) bond motifs is 1. The fraction of sp³-hybridized carbons (Fsp3) is 0.265. The number of halogens is 2. The van der Waals surface area contributed by atoms with Crippen molar-refractivity contribution in [2.75, 3.05) is 19.8 Å². The lowest BCUT2D eigenvalue weighted by atomic mass is 10.0. The summed E-state index contributed by atoms with van der Waals surface area (Å²) in [5.41, 5.74) is 6.23. The van der Waals surface area contributed by atoms with Gasteiger partial charge in [-0.05, 0) is 93.0 Å². The van der Waals surface area contributed by atoms with E-state index in [1.54, 1.807) is 6.92 Å². The molecule has 0 saturated carbocycles. The van der Waals surface area contributed by atoms with Crippen LogP contribution in [0.2, 0.25) is 5.02 Å². The second-order valence-corrected chi connectivity index (χ2v) is 11.4. The predicted molar refractivity (Wildman–Crippen MR) is 175 cm³/mol. The molecule has 9 nitrogen and oxygen atoms in total. The van der Waals surface area contributed by atoms with Crippen LogP contribution in [-0.2, 0) is 29.2 Å². The number of aliphatic hydroxyl groups excluding tert-OH is 1. The lowest BCUT2D eigenvalue weighted by molar-refractivity contribution is -0.146. The highest BCUT2D eigenvalue weighted by atomic mass is 79.9. The number of hydrogen-bond donors (Lipinski definition) is 2. The summed E-state index contributed by atoms with van der Waals surface area (Å²) < 4.78 is 23.3. The van der Waals surface area contributed by atoms with Crippen molar-refractivity contribution in [1.29, 1.82) is 0 Å². The van der Waals surface area contributed by atoms with Gasteiger partial charge in [-0.25, -0.2) is 4.63 Å². The molecule has 11 heteroatoms. The maximum absolute atomic E-state index is 12.0. The summed E-state index contributed by atoms with van der Waals surface area (Å²) in [5.74, 6) is 0.632. The molecule has 2 N–H and O–H groups in total. The number of carbonyl (C=O) groups is 1. The molecule has 4 aromatic carbocycles. The van der Waals surface area contributed by atoms with Gasteiger partial charge in [0.2, 0.25) is 0 Å². The maximum Gasteiger partial charge on any atom is 0.325 e. The predicted octanol–water partition coefficient (Wildman–Crippen LogP) is 6.91. The minimum atomic E-state index is -0.777. The lowest BCUT2D eigenvalue weighted by Crippen LogP contribution is -2.41. The molecule has 0 aliphatic rings. The minimum Gasteiger partial charge on any atom is -0.488 e. The first kappa shape index (κ1) is 32.4. The lowest BCUT2D eigenvalue weighted by Gasteiger charge is -2.18. The van der Waals surface area contributed by atoms with Crippen LogP contribution in [0, 0.1) is 0 Å². The maximum atomic E-state index is 12.0. The SMILES string of the molecule is CCOC(=O)[C@@H](CO)NCCCc1cc(Cl)c(OCc2cccc(-c3ccccc3)c2Br)cc1OCc1ccc2nonc2c1. The Bertz CT molecular complexity index is 1730. The van der Waals surface area contributed by atoms with Crippen LogP contribution in [-0.4, -0.2) is 47.2 Å². The minimum absolute atomic E-state index is 0.250. The van der Waals surface area contributed by atoms with Crippen LogP contribution in [0.4, 0.5) is 0 Å². The first-order chi connectivity index (χ1) is 22.0. The Morgan fingerprint density at radius 1 is 0.956 bits per heavy atom. The highest BCUT2D eigenvalue weighted by Gasteiger charge is 2.18. The van der Waals surface area contributed by atoms with Gasteiger partial charge < -0.3 is 24.6 Å². The van der Waals surface area contributed by atoms with Crippen LogP contribution in [0.1, 0.15) is 30.0 Å². The molecule has 45 heavy (non-hydrogen) atoms. The van der Waals surface area contributed by atoms with Crippen LogP contribution in [0.5, 0.6) is 11.5 Å². The molecule has 1 heterocycles. The number of esters is 1. The van der Waals surface area contributed by atoms with Crippen molar-refractivity contribution in [3.8, 4) is 22.6 Å². The van der Waals surface area contributed by atoms with Crippen LogP contribution in [0.3, 0.4) is 0 Å². The molecule has 1 atom stereocenters. The Hall–Kier alpha value is -3.96. The van der Waals surface area contributed by atoms with Gasteiger partial charge >= 0.3 is 5.97 Å². The molecule has 0 fully saturated rings. The van der Waals surface area contributed by atoms with E-state index in [-0.39, 0.29) is 26.4 Å². The van der Waals surface area contributed by atoms with Crippen LogP contribution in [0.15, 0.2) is 88.0 Å². The number of carbonyl (C=O) groups excluding carboxylic acids is 1. The second kappa shape index (κ2) is 15.9. The zero-order chi connectivity index (χ0) is 31.6. The smallest absolute Gasteiger partial charge is 0.325 e. The van der Waals surface area contributed by atoms with E-state index in [4.69, 9.17) is 30.4 Å². The van der Waals surface area contributed by atoms with Crippen molar-refractivity contribution >= 4 is 44.5 Å². The summed E-state index contributed by atoms with van der Waals surface area (Å²) >= 11 is 10.5. The van der Waals surface area contributed by atoms with Crippen LogP contribution in [0.25, 0.3) is 22.2 Å². The molecule has 0 spiro atoms. The highest BCUT2D eigenvalue weighted by Crippen LogP contribution is 2.36. The third-order valence-corrected chi connectivity index (χ3v) is 8.37. The summed E-state index contributed by atoms with van der Waals surface area (Å²) in [6, 6.07) is 24.7. The van der Waals surface area contributed by atoms with E-state index < -0.39 is 12.0 Å². The number of aromatic nitrogens is 2. The van der Waals surface area contributed by atoms with Crippen LogP contribution < -0.4 is 14.8 Å². The van der Waals surface area contributed by atoms with Crippen molar-refractivity contribution in [2.24, 2.45) is 0 Å². The van der Waals surface area contributed by atoms with Crippen LogP contribution >= 0.6 is 27.5 Å². The number of nitrogens with one attached hydrogen (secondary N) is 1. The highest BCUT2D eigenvalue weighted by molar-refractivity contribution is 9.10. The molecule has 0 aliphatic carbocycles. The molecule has 0 saturated heterocycles. The number of hydrogen-bond acceptors (Lipinski definition) is 9. The van der Waals surface area contributed by atoms with Crippen molar-refractivity contribution < 1.29 is 28.7 Å². The first-order valence-corrected chi connectivity index (χ1v) is 15.8. The Morgan fingerprint density at radius 3 is 2.56 bits per heavy atom. The summed E-state index contributed by atoms with van der Waals surface area (Å²) in [4.78, 5) is 12.0. The molecule has 0 radical (unpaired) electrons. The third-order valence-electron chi connectivity index (χ3n) is 7.14. The Kier molecular flexibility index (Phi) is 11.4. The quantitative estimate of drug-likeness (QED) is 0.0891. The molecule has 5 rings (SSSR count). The number of benzene rings is 4. The van der Waals surface area contributed by atoms with E-state index in [0.717, 1.165) is 32.3 Å². The van der Waals surface area contributed by atoms with E-state index in [1.165, 1.54) is 0 Å². The summed E-state index contributed by atoms with van der Waals surface area (Å²) in [5, 5.41) is 20.9. The Labute approximate surface area is 274 Å². The zero-order valence-electron chi connectivity index (χ0n) is 24.7. The second-order valence-electron chi connectivity index (χ2n) is 10.2. The summed E-state index contributed by atoms with van der Waals surface area (Å²) in [6.07, 6.45) is 1.25. The van der Waals surface area contributed by atoms with E-state index in [9.17, 15) is 9.90 Å². The summed E-state index contributed by atoms with van der Waals surface area (Å²) in [7, 11) is 0. The molecule has 0 bridgehead atoms. The van der Waals surface area contributed by atoms with Crippen molar-refractivity contribution in [2.45, 2.75) is 39.0 Å². The number of aryl methyl sites for hydroxylation is 1. The largest absolute Gasteiger partial charge is 0.488 e. The van der Waals surface area contributed by atoms with Gasteiger partial charge in [0.05, 0.1) is 18.2 Å². The third kappa shape index (κ3) is 8.40. The average Bonchev–Trinajstić information content (AvgIpc) is 3.53. The van der Waals surface area contributed by atoms with E-state index in [2.05, 4.69) is 49.8 Å². The number of ether oxygens (including phenoxy) is 3. The number of nitrogens with zero attached hydrogens (tertiary/aromatic N) is 2. The molecule has 0 aliphatic heterocycles. The molecular weight excluding hydrogens is 662 g/mol. The van der Waals surface area contributed by atoms with Gasteiger partial charge in [0.1, 0.15) is 41.8 Å². The summed E-state index contributed by atoms with van der Waals surface area (Å²) in [6.45, 7) is 2.67. The van der Waals surface area contributed by atoms with Gasteiger partial charge in [-0.1, -0.05) is 66.2 Å². The van der Waals surface area contributed by atoms with Gasteiger partial charge in [0.25, 0.3) is 0 Å².